The molecule has 7 N–H and O–H groups in total. The number of aliphatic hydroxyl groups is 3. The molecule has 3 aliphatic rings. The predicted molar refractivity (Wildman–Crippen MR) is 159 cm³/mol. The first kappa shape index (κ1) is 30.8. The summed E-state index contributed by atoms with van der Waals surface area (Å²) in [6.45, 7) is 5.26. The number of ether oxygens (including phenoxy) is 1. The van der Waals surface area contributed by atoms with Crippen LogP contribution in [0.5, 0.6) is 5.75 Å². The van der Waals surface area contributed by atoms with E-state index in [-0.39, 0.29) is 29.7 Å². The molecular formula is C32H35N3O9. The number of hydrogen-bond donors (Lipinski definition) is 6. The zero-order chi connectivity index (χ0) is 32.5. The van der Waals surface area contributed by atoms with Gasteiger partial charge in [-0.15, -0.1) is 0 Å². The molecule has 2 amide bonds. The van der Waals surface area contributed by atoms with Gasteiger partial charge in [-0.25, -0.2) is 4.79 Å². The topological polar surface area (TPSA) is 200 Å². The van der Waals surface area contributed by atoms with Gasteiger partial charge in [0.1, 0.15) is 28.4 Å². The maximum atomic E-state index is 13.9. The Kier molecular flexibility index (Phi) is 7.34. The van der Waals surface area contributed by atoms with Crippen LogP contribution < -0.4 is 11.1 Å². The lowest BCUT2D eigenvalue weighted by atomic mass is 9.58. The van der Waals surface area contributed by atoms with Crippen LogP contribution in [-0.2, 0) is 20.7 Å². The zero-order valence-electron chi connectivity index (χ0n) is 25.0. The first-order valence-electron chi connectivity index (χ1n) is 14.1. The highest BCUT2D eigenvalue weighted by Crippen LogP contribution is 2.53. The molecule has 12 heteroatoms. The van der Waals surface area contributed by atoms with Crippen molar-refractivity contribution >= 4 is 29.3 Å². The quantitative estimate of drug-likeness (QED) is 0.281. The number of aliphatic hydroxyl groups excluding tert-OH is 2. The van der Waals surface area contributed by atoms with Crippen LogP contribution in [0.1, 0.15) is 43.1 Å². The molecule has 232 valence electrons. The third kappa shape index (κ3) is 4.80. The molecule has 0 spiro atoms. The molecule has 0 aliphatic heterocycles. The number of carbonyl (C=O) groups is 4. The molecule has 0 saturated heterocycles. The zero-order valence-corrected chi connectivity index (χ0v) is 25.0. The summed E-state index contributed by atoms with van der Waals surface area (Å²) in [5.74, 6) is -7.04. The number of benzene rings is 2. The van der Waals surface area contributed by atoms with Crippen LogP contribution in [0.2, 0.25) is 0 Å². The number of amides is 2. The third-order valence-corrected chi connectivity index (χ3v) is 8.45. The van der Waals surface area contributed by atoms with E-state index in [9.17, 15) is 39.6 Å². The Balaban J connectivity index is 1.57. The molecule has 2 aromatic carbocycles. The smallest absolute Gasteiger partial charge is 0.412 e. The molecule has 0 bridgehead atoms. The van der Waals surface area contributed by atoms with Crippen LogP contribution in [0.3, 0.4) is 0 Å². The van der Waals surface area contributed by atoms with Crippen LogP contribution in [0.4, 0.5) is 10.5 Å². The normalized spacial score (nSPS) is 24.9. The highest BCUT2D eigenvalue weighted by Gasteiger charge is 2.63. The van der Waals surface area contributed by atoms with Crippen LogP contribution in [0.15, 0.2) is 59.1 Å². The molecule has 0 saturated carbocycles. The highest BCUT2D eigenvalue weighted by molar-refractivity contribution is 6.25. The Morgan fingerprint density at radius 2 is 1.68 bits per heavy atom. The number of carbonyl (C=O) groups excluding carboxylic acids is 4. The van der Waals surface area contributed by atoms with Crippen molar-refractivity contribution in [3.8, 4) is 16.9 Å². The Hall–Kier alpha value is -4.68. The summed E-state index contributed by atoms with van der Waals surface area (Å²) in [4.78, 5) is 53.2. The Bertz CT molecular complexity index is 1670. The fraction of sp³-hybridized carbons (Fsp3) is 0.375. The fourth-order valence-corrected chi connectivity index (χ4v) is 6.68. The largest absolute Gasteiger partial charge is 0.510 e. The van der Waals surface area contributed by atoms with Gasteiger partial charge in [0.05, 0.1) is 11.6 Å². The van der Waals surface area contributed by atoms with Crippen molar-refractivity contribution in [2.24, 2.45) is 17.6 Å². The second-order valence-corrected chi connectivity index (χ2v) is 12.7. The maximum absolute atomic E-state index is 13.9. The van der Waals surface area contributed by atoms with Gasteiger partial charge in [0.2, 0.25) is 5.78 Å². The molecule has 0 unspecified atom stereocenters. The molecule has 0 aromatic heterocycles. The number of nitrogens with zero attached hydrogens (tertiary/aromatic N) is 1. The number of allylic oxidation sites excluding steroid dienone is 1. The average molecular weight is 606 g/mol. The fourth-order valence-electron chi connectivity index (χ4n) is 6.68. The molecule has 44 heavy (non-hydrogen) atoms. The monoisotopic (exact) mass is 605 g/mol. The van der Waals surface area contributed by atoms with E-state index in [4.69, 9.17) is 10.5 Å². The van der Waals surface area contributed by atoms with Crippen molar-refractivity contribution in [1.82, 2.24) is 4.90 Å². The molecule has 4 atom stereocenters. The number of rotatable bonds is 4. The van der Waals surface area contributed by atoms with Gasteiger partial charge in [0.25, 0.3) is 5.91 Å². The first-order valence-corrected chi connectivity index (χ1v) is 14.1. The number of aromatic hydroxyl groups is 1. The van der Waals surface area contributed by atoms with Crippen LogP contribution >= 0.6 is 0 Å². The summed E-state index contributed by atoms with van der Waals surface area (Å²) in [5, 5.41) is 47.6. The van der Waals surface area contributed by atoms with Gasteiger partial charge in [-0.05, 0) is 88.5 Å². The van der Waals surface area contributed by atoms with E-state index in [1.165, 1.54) is 11.0 Å². The molecule has 0 fully saturated rings. The van der Waals surface area contributed by atoms with E-state index in [1.807, 2.05) is 0 Å². The molecule has 5 rings (SSSR count). The van der Waals surface area contributed by atoms with E-state index in [1.54, 1.807) is 65.2 Å². The van der Waals surface area contributed by atoms with E-state index < -0.39 is 69.7 Å². The molecule has 2 aromatic rings. The third-order valence-electron chi connectivity index (χ3n) is 8.45. The average Bonchev–Trinajstić information content (AvgIpc) is 2.90. The number of nitrogens with two attached hydrogens (primary N) is 1. The van der Waals surface area contributed by atoms with Gasteiger partial charge in [-0.1, -0.05) is 18.2 Å². The van der Waals surface area contributed by atoms with Crippen molar-refractivity contribution < 1.29 is 44.3 Å². The van der Waals surface area contributed by atoms with Gasteiger partial charge in [-0.3, -0.25) is 24.6 Å². The summed E-state index contributed by atoms with van der Waals surface area (Å²) in [6.07, 6.45) is -0.481. The minimum Gasteiger partial charge on any atom is -0.510 e. The second-order valence-electron chi connectivity index (χ2n) is 12.7. The number of nitrogens with one attached hydrogen (secondary N) is 1. The Morgan fingerprint density at radius 3 is 2.25 bits per heavy atom. The minimum atomic E-state index is -2.70. The molecule has 3 aliphatic carbocycles. The summed E-state index contributed by atoms with van der Waals surface area (Å²) in [6, 6.07) is 8.74. The van der Waals surface area contributed by atoms with E-state index in [0.717, 1.165) is 0 Å². The Morgan fingerprint density at radius 1 is 1.05 bits per heavy atom. The SMILES string of the molecule is CN(C)[C@H]1C(O)=C(C(N)=O)C(=O)[C@]2(O)C(O)=C3C(=O)c4c(O)ccc(-c5ccc(NC(=O)OC(C)(C)C)cc5)c4C[C@@H]3C[C@H]12. The van der Waals surface area contributed by atoms with E-state index >= 15 is 0 Å². The van der Waals surface area contributed by atoms with Gasteiger partial charge < -0.3 is 30.9 Å². The number of phenolic OH excluding ortho intramolecular Hbond substituents is 1. The number of anilines is 1. The second kappa shape index (κ2) is 10.5. The maximum Gasteiger partial charge on any atom is 0.412 e. The number of phenols is 1. The van der Waals surface area contributed by atoms with Crippen molar-refractivity contribution in [2.45, 2.75) is 50.9 Å². The molecule has 12 nitrogen and oxygen atoms in total. The molecular weight excluding hydrogens is 570 g/mol. The van der Waals surface area contributed by atoms with E-state index in [2.05, 4.69) is 5.32 Å². The van der Waals surface area contributed by atoms with E-state index in [0.29, 0.717) is 22.4 Å². The van der Waals surface area contributed by atoms with Gasteiger partial charge in [0, 0.05) is 17.2 Å². The number of fused-ring (bicyclic) bond motifs is 3. The van der Waals surface area contributed by atoms with Crippen LogP contribution in [-0.4, -0.2) is 80.2 Å². The number of likely N-dealkylation sites (N-methyl/N-ethyl adjacent to an activating group) is 1. The Labute approximate surface area is 253 Å². The van der Waals surface area contributed by atoms with Crippen molar-refractivity contribution in [3.05, 3.63) is 70.2 Å². The standard InChI is InChI=1S/C32H35N3O9/c1-31(2,3)44-30(42)34-16-8-6-14(7-9-16)17-10-11-20(36)22-18(17)12-15-13-19-24(35(4)5)26(38)23(29(33)41)28(40)32(19,43)27(39)21(15)25(22)37/h6-11,15,19,24,36,38-39,43H,12-13H2,1-5H3,(H2,33,41)(H,34,42)/t15-,19-,24-,32-/m1/s1. The van der Waals surface area contributed by atoms with Crippen LogP contribution in [0.25, 0.3) is 11.1 Å². The lowest BCUT2D eigenvalue weighted by molar-refractivity contribution is -0.148. The van der Waals surface area contributed by atoms with Crippen molar-refractivity contribution in [1.29, 1.82) is 0 Å². The highest BCUT2D eigenvalue weighted by atomic mass is 16.6. The van der Waals surface area contributed by atoms with Crippen molar-refractivity contribution in [3.63, 3.8) is 0 Å². The van der Waals surface area contributed by atoms with Crippen LogP contribution in [0, 0.1) is 11.8 Å². The number of primary amides is 1. The van der Waals surface area contributed by atoms with Gasteiger partial charge in [-0.2, -0.15) is 0 Å². The summed E-state index contributed by atoms with van der Waals surface area (Å²) < 4.78 is 5.29. The first-order chi connectivity index (χ1) is 20.5. The summed E-state index contributed by atoms with van der Waals surface area (Å²) in [7, 11) is 3.15. The number of hydrogen-bond acceptors (Lipinski definition) is 10. The van der Waals surface area contributed by atoms with Gasteiger partial charge >= 0.3 is 6.09 Å². The minimum absolute atomic E-state index is 0.0143. The van der Waals surface area contributed by atoms with Crippen molar-refractivity contribution in [2.75, 3.05) is 19.4 Å². The lowest BCUT2D eigenvalue weighted by Crippen LogP contribution is -2.63. The number of ketones is 2. The predicted octanol–water partition coefficient (Wildman–Crippen LogP) is 3.13. The van der Waals surface area contributed by atoms with Gasteiger partial charge in [0.15, 0.2) is 11.4 Å². The molecule has 0 heterocycles. The summed E-state index contributed by atoms with van der Waals surface area (Å²) >= 11 is 0. The molecule has 0 radical (unpaired) electrons. The lowest BCUT2D eigenvalue weighted by Gasteiger charge is -2.50. The number of Topliss-reactive ketones (excluding diaryl/α,β-unsaturated/α-hetero) is 2. The summed E-state index contributed by atoms with van der Waals surface area (Å²) in [5.41, 5.74) is 3.12.